The van der Waals surface area contributed by atoms with Crippen LogP contribution in [-0.4, -0.2) is 68.7 Å². The molecule has 2 aliphatic rings. The Morgan fingerprint density at radius 1 is 1.14 bits per heavy atom. The Labute approximate surface area is 249 Å². The summed E-state index contributed by atoms with van der Waals surface area (Å²) < 4.78 is 39.9. The first-order valence-corrected chi connectivity index (χ1v) is 14.5. The van der Waals surface area contributed by atoms with Gasteiger partial charge in [-0.1, -0.05) is 32.8 Å². The summed E-state index contributed by atoms with van der Waals surface area (Å²) in [6.45, 7) is 3.18. The number of aromatic nitrogens is 2. The Morgan fingerprint density at radius 3 is 2.45 bits per heavy atom. The van der Waals surface area contributed by atoms with Gasteiger partial charge < -0.3 is 26.0 Å². The summed E-state index contributed by atoms with van der Waals surface area (Å²) >= 11 is 0. The number of halogens is 1. The Morgan fingerprint density at radius 2 is 1.86 bits per heavy atom. The molecule has 0 spiro atoms. The zero-order chi connectivity index (χ0) is 33.1. The van der Waals surface area contributed by atoms with E-state index in [1.165, 1.54) is 29.9 Å². The van der Waals surface area contributed by atoms with Crippen LogP contribution in [0.4, 0.5) is 14.9 Å². The molecule has 0 unspecified atom stereocenters. The van der Waals surface area contributed by atoms with Gasteiger partial charge in [-0.25, -0.2) is 14.0 Å². The van der Waals surface area contributed by atoms with Gasteiger partial charge >= 0.3 is 12.0 Å². The first-order chi connectivity index (χ1) is 21.2. The number of rotatable bonds is 11. The highest BCUT2D eigenvalue weighted by atomic mass is 19.1. The van der Waals surface area contributed by atoms with Crippen molar-refractivity contribution in [1.29, 1.82) is 0 Å². The van der Waals surface area contributed by atoms with Crippen LogP contribution in [0.1, 0.15) is 85.4 Å². The molecule has 1 aromatic heterocycles. The van der Waals surface area contributed by atoms with Crippen molar-refractivity contribution in [1.82, 2.24) is 25.3 Å². The number of aliphatic carboxylic acids is 1. The quantitative estimate of drug-likeness (QED) is 0.313. The third-order valence-corrected chi connectivity index (χ3v) is 8.30. The number of aryl methyl sites for hydroxylation is 1. The maximum atomic E-state index is 15.4. The third-order valence-electron chi connectivity index (χ3n) is 8.30. The zero-order valence-corrected chi connectivity index (χ0v) is 24.1. The lowest BCUT2D eigenvalue weighted by molar-refractivity contribution is -0.139. The maximum Gasteiger partial charge on any atom is 0.326 e. The number of carboxylic acids is 1. The predicted molar refractivity (Wildman–Crippen MR) is 154 cm³/mol. The molecule has 2 aliphatic carbocycles. The third kappa shape index (κ3) is 7.27. The molecule has 4 N–H and O–H groups in total. The summed E-state index contributed by atoms with van der Waals surface area (Å²) in [5.74, 6) is -3.90. The van der Waals surface area contributed by atoms with Gasteiger partial charge in [0.05, 0.1) is 5.69 Å². The molecule has 42 heavy (non-hydrogen) atoms. The topological polar surface area (TPSA) is 146 Å². The van der Waals surface area contributed by atoms with Crippen LogP contribution in [0.15, 0.2) is 30.5 Å². The molecular weight excluding hydrogens is 543 g/mol. The molecule has 228 valence electrons. The maximum absolute atomic E-state index is 15.4. The minimum absolute atomic E-state index is 0.156. The molecular formula is C30H41FN6O5. The largest absolute Gasteiger partial charge is 0.480 e. The van der Waals surface area contributed by atoms with Gasteiger partial charge in [0.15, 0.2) is 0 Å². The highest BCUT2D eigenvalue weighted by Gasteiger charge is 2.35. The molecule has 0 aliphatic heterocycles. The van der Waals surface area contributed by atoms with Gasteiger partial charge in [0.2, 0.25) is 5.91 Å². The van der Waals surface area contributed by atoms with Crippen LogP contribution in [0.3, 0.4) is 0 Å². The fraction of sp³-hybridized carbons (Fsp3) is 0.567. The smallest absolute Gasteiger partial charge is 0.326 e. The second-order valence-electron chi connectivity index (χ2n) is 11.4. The highest BCUT2D eigenvalue weighted by Crippen LogP contribution is 2.32. The van der Waals surface area contributed by atoms with Gasteiger partial charge in [0.1, 0.15) is 23.6 Å². The number of nitrogens with zero attached hydrogens (tertiary/aromatic N) is 3. The Bertz CT molecular complexity index is 1410. The van der Waals surface area contributed by atoms with Gasteiger partial charge in [-0.2, -0.15) is 5.10 Å². The number of carbonyl (C=O) groups excluding carboxylic acids is 3. The Hall–Kier alpha value is -3.96. The van der Waals surface area contributed by atoms with Gasteiger partial charge in [-0.05, 0) is 68.2 Å². The average molecular weight is 588 g/mol. The molecule has 4 amide bonds. The number of carbonyl (C=O) groups is 4. The molecule has 0 radical (unpaired) electrons. The lowest BCUT2D eigenvalue weighted by Gasteiger charge is -2.32. The average Bonchev–Trinajstić information content (AvgIpc) is 3.67. The van der Waals surface area contributed by atoms with Crippen LogP contribution in [-0.2, 0) is 16.1 Å². The molecule has 1 aromatic carbocycles. The number of urea groups is 1. The van der Waals surface area contributed by atoms with Crippen LogP contribution < -0.4 is 16.0 Å². The van der Waals surface area contributed by atoms with E-state index in [2.05, 4.69) is 28.0 Å². The number of amides is 4. The fourth-order valence-electron chi connectivity index (χ4n) is 5.43. The van der Waals surface area contributed by atoms with Crippen molar-refractivity contribution in [3.05, 3.63) is 47.5 Å². The SMILES string of the molecule is [2H]C([2H])([2H])N(C(=O)N[C@@H](C(=O)O)[C@@H](C)c1ccc(NC(=O)[C@@H](NC(=O)c2ccnn2CC)C2CCC(C)CC2)c(F)c1)C1CC1. The van der Waals surface area contributed by atoms with Gasteiger partial charge in [-0.3, -0.25) is 14.3 Å². The van der Waals surface area contributed by atoms with Gasteiger partial charge in [0, 0.05) is 35.8 Å². The second kappa shape index (κ2) is 13.3. The molecule has 11 nitrogen and oxygen atoms in total. The normalized spacial score (nSPS) is 22.0. The van der Waals surface area contributed by atoms with Crippen molar-refractivity contribution in [2.24, 2.45) is 11.8 Å². The van der Waals surface area contributed by atoms with Crippen molar-refractivity contribution < 1.29 is 32.8 Å². The Kier molecular flexibility index (Phi) is 8.55. The molecule has 12 heteroatoms. The minimum atomic E-state index is -2.74. The number of anilines is 1. The molecule has 2 aromatic rings. The molecule has 0 bridgehead atoms. The standard InChI is InChI=1S/C30H41FN6O5/c1-5-37-24(14-15-32-37)27(38)34-26(19-8-6-17(2)7-9-19)28(39)33-23-13-10-20(16-22(23)31)18(3)25(29(40)41)35-30(42)36(4)21-11-12-21/h10,13-19,21,25-26H,5-9,11-12H2,1-4H3,(H,33,39)(H,34,38)(H,35,42)(H,40,41)/t17?,18-,19?,25+,26-/m0/s1/i4D3. The van der Waals surface area contributed by atoms with E-state index in [0.29, 0.717) is 48.7 Å². The van der Waals surface area contributed by atoms with Crippen LogP contribution in [0.5, 0.6) is 0 Å². The van der Waals surface area contributed by atoms with E-state index >= 15 is 4.39 Å². The van der Waals surface area contributed by atoms with Crippen molar-refractivity contribution >= 4 is 29.5 Å². The van der Waals surface area contributed by atoms with E-state index in [1.807, 2.05) is 6.92 Å². The van der Waals surface area contributed by atoms with Crippen molar-refractivity contribution in [2.45, 2.75) is 89.9 Å². The van der Waals surface area contributed by atoms with Crippen LogP contribution in [0, 0.1) is 17.7 Å². The number of benzene rings is 1. The van der Waals surface area contributed by atoms with Crippen LogP contribution in [0.2, 0.25) is 0 Å². The van der Waals surface area contributed by atoms with Crippen LogP contribution in [0.25, 0.3) is 0 Å². The molecule has 4 rings (SSSR count). The fourth-order valence-corrected chi connectivity index (χ4v) is 5.43. The second-order valence-corrected chi connectivity index (χ2v) is 11.4. The predicted octanol–water partition coefficient (Wildman–Crippen LogP) is 3.97. The molecule has 2 fully saturated rings. The molecule has 2 saturated carbocycles. The van der Waals surface area contributed by atoms with Gasteiger partial charge in [0.25, 0.3) is 5.91 Å². The summed E-state index contributed by atoms with van der Waals surface area (Å²) in [4.78, 5) is 52.3. The lowest BCUT2D eigenvalue weighted by atomic mass is 9.79. The summed E-state index contributed by atoms with van der Waals surface area (Å²) in [5, 5.41) is 21.7. The van der Waals surface area contributed by atoms with Gasteiger partial charge in [-0.15, -0.1) is 0 Å². The highest BCUT2D eigenvalue weighted by molar-refractivity contribution is 6.00. The summed E-state index contributed by atoms with van der Waals surface area (Å²) in [6.07, 6.45) is 5.73. The van der Waals surface area contributed by atoms with Crippen LogP contribution >= 0.6 is 0 Å². The summed E-state index contributed by atoms with van der Waals surface area (Å²) in [5.41, 5.74) is 0.364. The van der Waals surface area contributed by atoms with E-state index in [0.717, 1.165) is 18.9 Å². The van der Waals surface area contributed by atoms with E-state index in [-0.39, 0.29) is 17.2 Å². The molecule has 0 saturated heterocycles. The molecule has 1 heterocycles. The van der Waals surface area contributed by atoms with E-state index in [1.54, 1.807) is 6.07 Å². The number of hydrogen-bond donors (Lipinski definition) is 4. The molecule has 3 atom stereocenters. The first-order valence-electron chi connectivity index (χ1n) is 16.0. The summed E-state index contributed by atoms with van der Waals surface area (Å²) in [6, 6.07) is 1.36. The first kappa shape index (κ1) is 26.9. The lowest BCUT2D eigenvalue weighted by Crippen LogP contribution is -2.50. The van der Waals surface area contributed by atoms with E-state index in [4.69, 9.17) is 4.11 Å². The number of nitrogens with one attached hydrogen (secondary N) is 3. The van der Waals surface area contributed by atoms with Crippen molar-refractivity contribution in [2.75, 3.05) is 12.3 Å². The Balaban J connectivity index is 1.50. The summed E-state index contributed by atoms with van der Waals surface area (Å²) in [7, 11) is 0. The van der Waals surface area contributed by atoms with E-state index in [9.17, 15) is 24.3 Å². The van der Waals surface area contributed by atoms with E-state index < -0.39 is 60.7 Å². The zero-order valence-electron chi connectivity index (χ0n) is 27.1. The number of carboxylic acid groups (broad SMARTS) is 1. The minimum Gasteiger partial charge on any atom is -0.480 e. The van der Waals surface area contributed by atoms with Crippen molar-refractivity contribution in [3.8, 4) is 0 Å². The van der Waals surface area contributed by atoms with Crippen molar-refractivity contribution in [3.63, 3.8) is 0 Å². The monoisotopic (exact) mass is 587 g/mol. The number of hydrogen-bond acceptors (Lipinski definition) is 5.